The molecule has 0 aliphatic carbocycles. The van der Waals surface area contributed by atoms with Crippen LogP contribution in [0, 0.1) is 3.57 Å². The molecule has 100 valence electrons. The number of ether oxygens (including phenoxy) is 1. The van der Waals surface area contributed by atoms with Crippen LogP contribution in [-0.4, -0.2) is 7.11 Å². The van der Waals surface area contributed by atoms with Crippen LogP contribution >= 0.6 is 45.8 Å². The Hall–Kier alpha value is -0.450. The van der Waals surface area contributed by atoms with E-state index in [1.54, 1.807) is 7.11 Å². The Morgan fingerprint density at radius 3 is 2.68 bits per heavy atom. The third kappa shape index (κ3) is 4.01. The van der Waals surface area contributed by atoms with Gasteiger partial charge >= 0.3 is 0 Å². The molecule has 0 radical (unpaired) electrons. The van der Waals surface area contributed by atoms with Crippen molar-refractivity contribution in [1.82, 2.24) is 0 Å². The second kappa shape index (κ2) is 6.82. The molecule has 0 fully saturated rings. The van der Waals surface area contributed by atoms with Crippen LogP contribution in [0.15, 0.2) is 42.5 Å². The van der Waals surface area contributed by atoms with E-state index in [4.69, 9.17) is 27.9 Å². The molecule has 1 atom stereocenters. The molecule has 0 amide bonds. The Bertz CT molecular complexity index is 572. The lowest BCUT2D eigenvalue weighted by Crippen LogP contribution is -1.97. The maximum Gasteiger partial charge on any atom is 0.119 e. The van der Waals surface area contributed by atoms with E-state index in [0.717, 1.165) is 31.9 Å². The fraction of sp³-hybridized carbons (Fsp3) is 0.200. The SMILES string of the molecule is COc1cccc(CC(Cl)c2ccc(I)c(Cl)c2)c1. The van der Waals surface area contributed by atoms with E-state index >= 15 is 0 Å². The third-order valence-corrected chi connectivity index (χ3v) is 4.83. The summed E-state index contributed by atoms with van der Waals surface area (Å²) in [6.45, 7) is 0. The van der Waals surface area contributed by atoms with E-state index in [1.807, 2.05) is 42.5 Å². The van der Waals surface area contributed by atoms with Gasteiger partial charge < -0.3 is 4.74 Å². The predicted molar refractivity (Wildman–Crippen MR) is 89.5 cm³/mol. The molecule has 2 aromatic rings. The average Bonchev–Trinajstić information content (AvgIpc) is 2.42. The second-order valence-electron chi connectivity index (χ2n) is 4.20. The van der Waals surface area contributed by atoms with Gasteiger partial charge in [-0.2, -0.15) is 0 Å². The average molecular weight is 407 g/mol. The van der Waals surface area contributed by atoms with Crippen LogP contribution in [0.1, 0.15) is 16.5 Å². The summed E-state index contributed by atoms with van der Waals surface area (Å²) in [5, 5.41) is 0.649. The molecular formula is C15H13Cl2IO. The molecule has 2 aromatic carbocycles. The van der Waals surface area contributed by atoms with Gasteiger partial charge in [-0.3, -0.25) is 0 Å². The molecular weight excluding hydrogens is 394 g/mol. The van der Waals surface area contributed by atoms with Crippen LogP contribution < -0.4 is 4.74 Å². The van der Waals surface area contributed by atoms with E-state index in [-0.39, 0.29) is 5.38 Å². The highest BCUT2D eigenvalue weighted by Crippen LogP contribution is 2.30. The third-order valence-electron chi connectivity index (χ3n) is 2.85. The van der Waals surface area contributed by atoms with Crippen molar-refractivity contribution in [2.75, 3.05) is 7.11 Å². The second-order valence-corrected chi connectivity index (χ2v) is 6.29. The van der Waals surface area contributed by atoms with Crippen molar-refractivity contribution in [3.8, 4) is 5.75 Å². The molecule has 19 heavy (non-hydrogen) atoms. The lowest BCUT2D eigenvalue weighted by molar-refractivity contribution is 0.414. The summed E-state index contributed by atoms with van der Waals surface area (Å²) >= 11 is 14.8. The molecule has 0 saturated heterocycles. The van der Waals surface area contributed by atoms with E-state index < -0.39 is 0 Å². The lowest BCUT2D eigenvalue weighted by atomic mass is 10.0. The summed E-state index contributed by atoms with van der Waals surface area (Å²) < 4.78 is 6.25. The van der Waals surface area contributed by atoms with Crippen LogP contribution in [0.3, 0.4) is 0 Å². The van der Waals surface area contributed by atoms with Gasteiger partial charge in [-0.15, -0.1) is 11.6 Å². The quantitative estimate of drug-likeness (QED) is 0.482. The zero-order chi connectivity index (χ0) is 13.8. The zero-order valence-electron chi connectivity index (χ0n) is 10.4. The maximum absolute atomic E-state index is 6.46. The Balaban J connectivity index is 2.15. The van der Waals surface area contributed by atoms with Crippen LogP contribution in [0.2, 0.25) is 5.02 Å². The standard InChI is InChI=1S/C15H13Cl2IO/c1-19-12-4-2-3-10(7-12)8-13(16)11-5-6-15(18)14(17)9-11/h2-7,9,13H,8H2,1H3. The number of hydrogen-bond donors (Lipinski definition) is 0. The van der Waals surface area contributed by atoms with E-state index in [9.17, 15) is 0 Å². The largest absolute Gasteiger partial charge is 0.497 e. The number of hydrogen-bond acceptors (Lipinski definition) is 1. The van der Waals surface area contributed by atoms with Gasteiger partial charge in [0.05, 0.1) is 17.5 Å². The number of rotatable bonds is 4. The van der Waals surface area contributed by atoms with Crippen LogP contribution in [-0.2, 0) is 6.42 Å². The summed E-state index contributed by atoms with van der Waals surface area (Å²) in [4.78, 5) is 0. The van der Waals surface area contributed by atoms with Crippen LogP contribution in [0.4, 0.5) is 0 Å². The van der Waals surface area contributed by atoms with Crippen LogP contribution in [0.25, 0.3) is 0 Å². The predicted octanol–water partition coefficient (Wildman–Crippen LogP) is 5.48. The molecule has 0 heterocycles. The molecule has 0 saturated carbocycles. The van der Waals surface area contributed by atoms with Gasteiger partial charge in [0.25, 0.3) is 0 Å². The zero-order valence-corrected chi connectivity index (χ0v) is 14.0. The van der Waals surface area contributed by atoms with Crippen molar-refractivity contribution in [1.29, 1.82) is 0 Å². The molecule has 0 N–H and O–H groups in total. The molecule has 4 heteroatoms. The van der Waals surface area contributed by atoms with Crippen LogP contribution in [0.5, 0.6) is 5.75 Å². The van der Waals surface area contributed by atoms with E-state index in [1.165, 1.54) is 0 Å². The monoisotopic (exact) mass is 406 g/mol. The first-order valence-electron chi connectivity index (χ1n) is 5.82. The van der Waals surface area contributed by atoms with Crippen molar-refractivity contribution < 1.29 is 4.74 Å². The number of benzene rings is 2. The smallest absolute Gasteiger partial charge is 0.119 e. The molecule has 1 unspecified atom stereocenters. The minimum atomic E-state index is -0.0957. The molecule has 0 bridgehead atoms. The summed E-state index contributed by atoms with van der Waals surface area (Å²) in [5.74, 6) is 0.849. The van der Waals surface area contributed by atoms with Crippen molar-refractivity contribution in [2.45, 2.75) is 11.8 Å². The summed E-state index contributed by atoms with van der Waals surface area (Å²) in [5.41, 5.74) is 2.18. The normalized spacial score (nSPS) is 12.2. The Kier molecular flexibility index (Phi) is 5.37. The van der Waals surface area contributed by atoms with Gasteiger partial charge in [0.15, 0.2) is 0 Å². The molecule has 2 rings (SSSR count). The molecule has 0 aromatic heterocycles. The minimum Gasteiger partial charge on any atom is -0.497 e. The highest BCUT2D eigenvalue weighted by molar-refractivity contribution is 14.1. The van der Waals surface area contributed by atoms with Crippen molar-refractivity contribution >= 4 is 45.8 Å². The summed E-state index contributed by atoms with van der Waals surface area (Å²) in [6, 6.07) is 13.9. The molecule has 0 aliphatic rings. The topological polar surface area (TPSA) is 9.23 Å². The summed E-state index contributed by atoms with van der Waals surface area (Å²) in [7, 11) is 1.66. The first-order valence-corrected chi connectivity index (χ1v) is 7.71. The van der Waals surface area contributed by atoms with Crippen molar-refractivity contribution in [3.63, 3.8) is 0 Å². The Labute approximate surface area is 137 Å². The Morgan fingerprint density at radius 2 is 2.00 bits per heavy atom. The van der Waals surface area contributed by atoms with Gasteiger partial charge in [0.1, 0.15) is 5.75 Å². The first kappa shape index (κ1) is 14.9. The fourth-order valence-electron chi connectivity index (χ4n) is 1.83. The Morgan fingerprint density at radius 1 is 1.21 bits per heavy atom. The highest BCUT2D eigenvalue weighted by Gasteiger charge is 2.11. The van der Waals surface area contributed by atoms with Gasteiger partial charge in [-0.05, 0) is 64.4 Å². The van der Waals surface area contributed by atoms with Gasteiger partial charge in [-0.25, -0.2) is 0 Å². The maximum atomic E-state index is 6.46. The fourth-order valence-corrected chi connectivity index (χ4v) is 2.67. The first-order chi connectivity index (χ1) is 9.10. The minimum absolute atomic E-state index is 0.0957. The molecule has 0 spiro atoms. The molecule has 1 nitrogen and oxygen atoms in total. The van der Waals surface area contributed by atoms with Gasteiger partial charge in [0, 0.05) is 3.57 Å². The van der Waals surface area contributed by atoms with Gasteiger partial charge in [0.2, 0.25) is 0 Å². The number of methoxy groups -OCH3 is 1. The highest BCUT2D eigenvalue weighted by atomic mass is 127. The lowest BCUT2D eigenvalue weighted by Gasteiger charge is -2.12. The van der Waals surface area contributed by atoms with Crippen molar-refractivity contribution in [3.05, 3.63) is 62.2 Å². The number of halogens is 3. The van der Waals surface area contributed by atoms with E-state index in [2.05, 4.69) is 22.6 Å². The van der Waals surface area contributed by atoms with E-state index in [0.29, 0.717) is 0 Å². The van der Waals surface area contributed by atoms with Crippen molar-refractivity contribution in [2.24, 2.45) is 0 Å². The molecule has 0 aliphatic heterocycles. The summed E-state index contributed by atoms with van der Waals surface area (Å²) in [6.07, 6.45) is 0.746. The van der Waals surface area contributed by atoms with Gasteiger partial charge in [-0.1, -0.05) is 29.8 Å². The number of alkyl halides is 1.